The molecule has 29 heavy (non-hydrogen) atoms. The Morgan fingerprint density at radius 1 is 0.966 bits per heavy atom. The molecule has 1 aromatic carbocycles. The summed E-state index contributed by atoms with van der Waals surface area (Å²) in [5.41, 5.74) is 3.72. The van der Waals surface area contributed by atoms with Crippen molar-refractivity contribution in [3.05, 3.63) is 48.3 Å². The summed E-state index contributed by atoms with van der Waals surface area (Å²) in [7, 11) is 0. The van der Waals surface area contributed by atoms with Gasteiger partial charge in [-0.1, -0.05) is 13.8 Å². The summed E-state index contributed by atoms with van der Waals surface area (Å²) in [5.74, 6) is 1.44. The molecule has 3 heterocycles. The van der Waals surface area contributed by atoms with Crippen molar-refractivity contribution in [3.8, 4) is 0 Å². The van der Waals surface area contributed by atoms with Crippen LogP contribution in [-0.2, 0) is 0 Å². The van der Waals surface area contributed by atoms with E-state index in [0.717, 1.165) is 49.9 Å². The maximum atomic E-state index is 12.8. The van der Waals surface area contributed by atoms with Crippen LogP contribution in [0.2, 0.25) is 0 Å². The quantitative estimate of drug-likeness (QED) is 0.801. The number of likely N-dealkylation sites (tertiary alicyclic amines) is 1. The average Bonchev–Trinajstić information content (AvgIpc) is 2.75. The first-order chi connectivity index (χ1) is 14.1. The van der Waals surface area contributed by atoms with Crippen molar-refractivity contribution < 1.29 is 4.79 Å². The molecule has 1 atom stereocenters. The first-order valence-corrected chi connectivity index (χ1v) is 11.0. The molecule has 5 nitrogen and oxygen atoms in total. The van der Waals surface area contributed by atoms with Crippen LogP contribution in [0.25, 0.3) is 0 Å². The lowest BCUT2D eigenvalue weighted by atomic mass is 9.99. The van der Waals surface area contributed by atoms with Gasteiger partial charge in [0, 0.05) is 49.4 Å². The number of carbonyl (C=O) groups excluding carboxylic acids is 1. The number of benzene rings is 1. The maximum Gasteiger partial charge on any atom is 0.272 e. The number of carbonyl (C=O) groups is 1. The minimum Gasteiger partial charge on any atom is -0.372 e. The molecule has 2 aliphatic rings. The van der Waals surface area contributed by atoms with Crippen molar-refractivity contribution in [2.75, 3.05) is 36.4 Å². The second-order valence-corrected chi connectivity index (χ2v) is 8.77. The van der Waals surface area contributed by atoms with Crippen molar-refractivity contribution in [1.29, 1.82) is 0 Å². The summed E-state index contributed by atoms with van der Waals surface area (Å²) in [4.78, 5) is 21.6. The second-order valence-electron chi connectivity index (χ2n) is 8.77. The van der Waals surface area contributed by atoms with E-state index in [1.165, 1.54) is 24.9 Å². The molecule has 2 fully saturated rings. The number of nitrogens with one attached hydrogen (secondary N) is 1. The Morgan fingerprint density at radius 3 is 2.45 bits per heavy atom. The zero-order valence-electron chi connectivity index (χ0n) is 17.6. The minimum absolute atomic E-state index is 0.0369. The van der Waals surface area contributed by atoms with Crippen molar-refractivity contribution in [1.82, 2.24) is 9.88 Å². The summed E-state index contributed by atoms with van der Waals surface area (Å²) >= 11 is 0. The van der Waals surface area contributed by atoms with E-state index >= 15 is 0 Å². The number of pyridine rings is 1. The third-order valence-electron chi connectivity index (χ3n) is 6.23. The lowest BCUT2D eigenvalue weighted by Gasteiger charge is -2.32. The fraction of sp³-hybridized carbons (Fsp3) is 0.500. The van der Waals surface area contributed by atoms with Crippen LogP contribution in [-0.4, -0.2) is 42.0 Å². The summed E-state index contributed by atoms with van der Waals surface area (Å²) in [5, 5.41) is 3.42. The van der Waals surface area contributed by atoms with Gasteiger partial charge in [-0.15, -0.1) is 0 Å². The molecule has 0 radical (unpaired) electrons. The third kappa shape index (κ3) is 4.89. The highest BCUT2D eigenvalue weighted by atomic mass is 16.2. The van der Waals surface area contributed by atoms with Crippen molar-refractivity contribution in [3.63, 3.8) is 0 Å². The standard InChI is InChI=1S/C24H32N4O/c1-18-10-14-27(15-11-18)22-7-5-20(6-8-22)26-21-9-12-25-23(16-21)24(29)28-13-3-4-19(2)17-28/h5-9,12,16,18-19H,3-4,10-11,13-15,17H2,1-2H3,(H,25,26). The van der Waals surface area contributed by atoms with Gasteiger partial charge < -0.3 is 15.1 Å². The zero-order chi connectivity index (χ0) is 20.2. The van der Waals surface area contributed by atoms with E-state index in [0.29, 0.717) is 11.6 Å². The number of nitrogens with zero attached hydrogens (tertiary/aromatic N) is 3. The molecule has 1 unspecified atom stereocenters. The lowest BCUT2D eigenvalue weighted by Crippen LogP contribution is -2.39. The molecule has 0 spiro atoms. The van der Waals surface area contributed by atoms with Gasteiger partial charge in [0.15, 0.2) is 0 Å². The SMILES string of the molecule is CC1CCN(c2ccc(Nc3ccnc(C(=O)N4CCCC(C)C4)c3)cc2)CC1. The van der Waals surface area contributed by atoms with Gasteiger partial charge in [-0.05, 0) is 73.9 Å². The molecule has 1 amide bonds. The Labute approximate surface area is 174 Å². The summed E-state index contributed by atoms with van der Waals surface area (Å²) in [6.07, 6.45) is 6.53. The average molecular weight is 393 g/mol. The monoisotopic (exact) mass is 392 g/mol. The van der Waals surface area contributed by atoms with E-state index in [-0.39, 0.29) is 5.91 Å². The predicted molar refractivity (Wildman–Crippen MR) is 119 cm³/mol. The molecule has 1 N–H and O–H groups in total. The Balaban J connectivity index is 1.40. The van der Waals surface area contributed by atoms with E-state index in [1.54, 1.807) is 6.20 Å². The van der Waals surface area contributed by atoms with Gasteiger partial charge in [-0.2, -0.15) is 0 Å². The smallest absolute Gasteiger partial charge is 0.272 e. The van der Waals surface area contributed by atoms with E-state index < -0.39 is 0 Å². The fourth-order valence-corrected chi connectivity index (χ4v) is 4.35. The Bertz CT molecular complexity index is 827. The van der Waals surface area contributed by atoms with E-state index in [2.05, 4.69) is 53.3 Å². The minimum atomic E-state index is 0.0369. The van der Waals surface area contributed by atoms with Crippen LogP contribution in [0, 0.1) is 11.8 Å². The summed E-state index contributed by atoms with van der Waals surface area (Å²) in [6.45, 7) is 8.48. The Morgan fingerprint density at radius 2 is 1.72 bits per heavy atom. The maximum absolute atomic E-state index is 12.8. The topological polar surface area (TPSA) is 48.5 Å². The van der Waals surface area contributed by atoms with Crippen LogP contribution >= 0.6 is 0 Å². The van der Waals surface area contributed by atoms with Crippen molar-refractivity contribution >= 4 is 23.0 Å². The van der Waals surface area contributed by atoms with E-state index in [9.17, 15) is 4.79 Å². The van der Waals surface area contributed by atoms with Gasteiger partial charge >= 0.3 is 0 Å². The molecular weight excluding hydrogens is 360 g/mol. The molecule has 2 saturated heterocycles. The number of amides is 1. The second kappa shape index (κ2) is 8.85. The Hall–Kier alpha value is -2.56. The van der Waals surface area contributed by atoms with Crippen LogP contribution in [0.4, 0.5) is 17.1 Å². The molecule has 2 aliphatic heterocycles. The normalized spacial score (nSPS) is 20.6. The van der Waals surface area contributed by atoms with Gasteiger partial charge in [0.05, 0.1) is 0 Å². The largest absolute Gasteiger partial charge is 0.372 e. The molecular formula is C24H32N4O. The summed E-state index contributed by atoms with van der Waals surface area (Å²) in [6, 6.07) is 12.4. The highest BCUT2D eigenvalue weighted by Gasteiger charge is 2.23. The third-order valence-corrected chi connectivity index (χ3v) is 6.23. The van der Waals surface area contributed by atoms with Gasteiger partial charge in [0.25, 0.3) is 5.91 Å². The zero-order valence-corrected chi connectivity index (χ0v) is 17.6. The number of piperidine rings is 2. The first-order valence-electron chi connectivity index (χ1n) is 11.0. The molecule has 0 bridgehead atoms. The highest BCUT2D eigenvalue weighted by Crippen LogP contribution is 2.26. The van der Waals surface area contributed by atoms with Gasteiger partial charge in [0.1, 0.15) is 5.69 Å². The fourth-order valence-electron chi connectivity index (χ4n) is 4.35. The van der Waals surface area contributed by atoms with Gasteiger partial charge in [-0.25, -0.2) is 0 Å². The lowest BCUT2D eigenvalue weighted by molar-refractivity contribution is 0.0677. The van der Waals surface area contributed by atoms with Gasteiger partial charge in [-0.3, -0.25) is 9.78 Å². The predicted octanol–water partition coefficient (Wildman–Crippen LogP) is 4.93. The van der Waals surface area contributed by atoms with E-state index in [4.69, 9.17) is 0 Å². The molecule has 154 valence electrons. The molecule has 0 saturated carbocycles. The number of hydrogen-bond acceptors (Lipinski definition) is 4. The van der Waals surface area contributed by atoms with Crippen LogP contribution in [0.15, 0.2) is 42.6 Å². The van der Waals surface area contributed by atoms with Crippen LogP contribution < -0.4 is 10.2 Å². The van der Waals surface area contributed by atoms with Crippen molar-refractivity contribution in [2.45, 2.75) is 39.5 Å². The first kappa shape index (κ1) is 19.7. The number of rotatable bonds is 4. The molecule has 1 aromatic heterocycles. The van der Waals surface area contributed by atoms with Crippen LogP contribution in [0.1, 0.15) is 50.0 Å². The number of hydrogen-bond donors (Lipinski definition) is 1. The molecule has 5 heteroatoms. The Kier molecular flexibility index (Phi) is 6.02. The van der Waals surface area contributed by atoms with Crippen LogP contribution in [0.5, 0.6) is 0 Å². The van der Waals surface area contributed by atoms with E-state index in [1.807, 2.05) is 17.0 Å². The molecule has 4 rings (SSSR count). The number of anilines is 3. The highest BCUT2D eigenvalue weighted by molar-refractivity contribution is 5.93. The molecule has 0 aliphatic carbocycles. The van der Waals surface area contributed by atoms with Crippen LogP contribution in [0.3, 0.4) is 0 Å². The number of aromatic nitrogens is 1. The van der Waals surface area contributed by atoms with Crippen molar-refractivity contribution in [2.24, 2.45) is 11.8 Å². The summed E-state index contributed by atoms with van der Waals surface area (Å²) < 4.78 is 0. The molecule has 2 aromatic rings. The van der Waals surface area contributed by atoms with Gasteiger partial charge in [0.2, 0.25) is 0 Å².